The van der Waals surface area contributed by atoms with Crippen LogP contribution in [0.25, 0.3) is 0 Å². The van der Waals surface area contributed by atoms with Gasteiger partial charge in [0.2, 0.25) is 10.0 Å². The van der Waals surface area contributed by atoms with Crippen LogP contribution in [0.1, 0.15) is 18.5 Å². The molecule has 128 valence electrons. The molecule has 3 N–H and O–H groups in total. The van der Waals surface area contributed by atoms with Crippen molar-refractivity contribution >= 4 is 44.6 Å². The van der Waals surface area contributed by atoms with Crippen LogP contribution in [-0.4, -0.2) is 13.3 Å². The Hall–Kier alpha value is -1.87. The average Bonchev–Trinajstić information content (AvgIpc) is 2.45. The molecule has 1 atom stereocenters. The van der Waals surface area contributed by atoms with Crippen molar-refractivity contribution in [3.8, 4) is 0 Å². The number of primary sulfonamides is 1. The molecule has 0 fully saturated rings. The van der Waals surface area contributed by atoms with E-state index in [4.69, 9.17) is 28.3 Å². The minimum atomic E-state index is -4.04. The van der Waals surface area contributed by atoms with Crippen LogP contribution >= 0.6 is 23.2 Å². The van der Waals surface area contributed by atoms with Crippen LogP contribution in [-0.2, 0) is 10.0 Å². The molecule has 0 unspecified atom stereocenters. The number of hydrogen-bond donors (Lipinski definition) is 2. The third kappa shape index (κ3) is 4.15. The number of nitrogens with zero attached hydrogens (tertiary/aromatic N) is 1. The molecular weight excluding hydrogens is 377 g/mol. The summed E-state index contributed by atoms with van der Waals surface area (Å²) in [5.74, 6) is 0. The van der Waals surface area contributed by atoms with Gasteiger partial charge in [0.1, 0.15) is 5.69 Å². The number of nitro benzene ring substituents is 1. The molecule has 2 rings (SSSR count). The van der Waals surface area contributed by atoms with Crippen LogP contribution in [0.4, 0.5) is 11.4 Å². The predicted octanol–water partition coefficient (Wildman–Crippen LogP) is 3.72. The van der Waals surface area contributed by atoms with E-state index in [0.29, 0.717) is 15.6 Å². The fourth-order valence-electron chi connectivity index (χ4n) is 2.13. The molecule has 0 amide bonds. The summed E-state index contributed by atoms with van der Waals surface area (Å²) in [6.45, 7) is 1.76. The second kappa shape index (κ2) is 6.94. The second-order valence-corrected chi connectivity index (χ2v) is 7.42. The predicted molar refractivity (Wildman–Crippen MR) is 93.0 cm³/mol. The maximum absolute atomic E-state index is 11.3. The van der Waals surface area contributed by atoms with Gasteiger partial charge in [-0.25, -0.2) is 13.6 Å². The first kappa shape index (κ1) is 18.5. The van der Waals surface area contributed by atoms with Crippen LogP contribution < -0.4 is 10.5 Å². The highest BCUT2D eigenvalue weighted by Crippen LogP contribution is 2.33. The van der Waals surface area contributed by atoms with Crippen LogP contribution in [0, 0.1) is 10.1 Å². The lowest BCUT2D eigenvalue weighted by atomic mass is 10.1. The zero-order valence-corrected chi connectivity index (χ0v) is 14.7. The van der Waals surface area contributed by atoms with Gasteiger partial charge < -0.3 is 5.32 Å². The largest absolute Gasteiger partial charge is 0.373 e. The van der Waals surface area contributed by atoms with Crippen molar-refractivity contribution in [1.29, 1.82) is 0 Å². The molecule has 2 aromatic rings. The van der Waals surface area contributed by atoms with E-state index < -0.39 is 20.6 Å². The van der Waals surface area contributed by atoms with E-state index >= 15 is 0 Å². The maximum Gasteiger partial charge on any atom is 0.293 e. The van der Waals surface area contributed by atoms with Gasteiger partial charge >= 0.3 is 0 Å². The van der Waals surface area contributed by atoms with Crippen LogP contribution in [0.5, 0.6) is 0 Å². The van der Waals surface area contributed by atoms with Crippen molar-refractivity contribution in [2.45, 2.75) is 17.9 Å². The molecule has 0 radical (unpaired) electrons. The summed E-state index contributed by atoms with van der Waals surface area (Å²) in [5.41, 5.74) is 0.426. The Balaban J connectivity index is 2.40. The van der Waals surface area contributed by atoms with Gasteiger partial charge in [-0.05, 0) is 36.8 Å². The van der Waals surface area contributed by atoms with E-state index in [2.05, 4.69) is 5.32 Å². The van der Waals surface area contributed by atoms with Gasteiger partial charge in [-0.15, -0.1) is 0 Å². The summed E-state index contributed by atoms with van der Waals surface area (Å²) in [7, 11) is -4.04. The average molecular weight is 390 g/mol. The summed E-state index contributed by atoms with van der Waals surface area (Å²) < 4.78 is 22.7. The Morgan fingerprint density at radius 3 is 2.42 bits per heavy atom. The van der Waals surface area contributed by atoms with Gasteiger partial charge in [0.05, 0.1) is 15.9 Å². The topological polar surface area (TPSA) is 115 Å². The second-order valence-electron chi connectivity index (χ2n) is 5.01. The molecule has 24 heavy (non-hydrogen) atoms. The highest BCUT2D eigenvalue weighted by Gasteiger charge is 2.21. The highest BCUT2D eigenvalue weighted by atomic mass is 35.5. The summed E-state index contributed by atoms with van der Waals surface area (Å²) >= 11 is 12.0. The minimum absolute atomic E-state index is 0.144. The summed E-state index contributed by atoms with van der Waals surface area (Å²) in [6, 6.07) is 7.93. The molecule has 0 saturated carbocycles. The van der Waals surface area contributed by atoms with Gasteiger partial charge in [0, 0.05) is 16.1 Å². The van der Waals surface area contributed by atoms with Gasteiger partial charge in [0.25, 0.3) is 5.69 Å². The Morgan fingerprint density at radius 2 is 1.88 bits per heavy atom. The Kier molecular flexibility index (Phi) is 5.34. The van der Waals surface area contributed by atoms with E-state index in [9.17, 15) is 18.5 Å². The van der Waals surface area contributed by atoms with Crippen molar-refractivity contribution in [3.05, 3.63) is 62.1 Å². The normalized spacial score (nSPS) is 12.7. The third-order valence-electron chi connectivity index (χ3n) is 3.30. The number of halogens is 2. The van der Waals surface area contributed by atoms with Gasteiger partial charge in [0.15, 0.2) is 0 Å². The Morgan fingerprint density at radius 1 is 1.21 bits per heavy atom. The molecule has 0 aliphatic rings. The number of sulfonamides is 1. The first-order valence-electron chi connectivity index (χ1n) is 6.62. The Labute approximate surface area is 148 Å². The molecule has 0 aliphatic carbocycles. The van der Waals surface area contributed by atoms with Crippen molar-refractivity contribution in [2.75, 3.05) is 5.32 Å². The van der Waals surface area contributed by atoms with Gasteiger partial charge in [-0.2, -0.15) is 0 Å². The highest BCUT2D eigenvalue weighted by molar-refractivity contribution is 7.89. The lowest BCUT2D eigenvalue weighted by Crippen LogP contribution is -2.13. The number of nitrogens with two attached hydrogens (primary N) is 1. The Bertz CT molecular complexity index is 903. The monoisotopic (exact) mass is 389 g/mol. The van der Waals surface area contributed by atoms with Crippen LogP contribution in [0.2, 0.25) is 10.0 Å². The van der Waals surface area contributed by atoms with E-state index in [0.717, 1.165) is 6.07 Å². The summed E-state index contributed by atoms with van der Waals surface area (Å²) in [6.07, 6.45) is 0. The van der Waals surface area contributed by atoms with Crippen molar-refractivity contribution < 1.29 is 13.3 Å². The smallest absolute Gasteiger partial charge is 0.293 e. The molecule has 0 aromatic heterocycles. The molecule has 0 spiro atoms. The number of benzene rings is 2. The minimum Gasteiger partial charge on any atom is -0.373 e. The van der Waals surface area contributed by atoms with Crippen molar-refractivity contribution in [1.82, 2.24) is 0 Å². The number of anilines is 1. The van der Waals surface area contributed by atoms with Gasteiger partial charge in [-0.3, -0.25) is 10.1 Å². The van der Waals surface area contributed by atoms with Crippen molar-refractivity contribution in [3.63, 3.8) is 0 Å². The summed E-state index contributed by atoms with van der Waals surface area (Å²) in [5, 5.41) is 20.0. The zero-order chi connectivity index (χ0) is 18.1. The molecule has 0 saturated heterocycles. The fraction of sp³-hybridized carbons (Fsp3) is 0.143. The number of rotatable bonds is 5. The first-order valence-corrected chi connectivity index (χ1v) is 8.92. The standard InChI is InChI=1S/C14H13Cl2N3O4S/c1-8(11-4-2-9(15)6-12(11)16)18-13-5-3-10(24(17,22)23)7-14(13)19(20)21/h2-8,18H,1H3,(H2,17,22,23)/t8-/m0/s1. The fourth-order valence-corrected chi connectivity index (χ4v) is 3.23. The number of nitro groups is 1. The van der Waals surface area contributed by atoms with Crippen molar-refractivity contribution in [2.24, 2.45) is 5.14 Å². The van der Waals surface area contributed by atoms with E-state index in [1.165, 1.54) is 12.1 Å². The molecular formula is C14H13Cl2N3O4S. The summed E-state index contributed by atoms with van der Waals surface area (Å²) in [4.78, 5) is 10.2. The van der Waals surface area contributed by atoms with E-state index in [1.54, 1.807) is 25.1 Å². The molecule has 10 heteroatoms. The molecule has 2 aromatic carbocycles. The van der Waals surface area contributed by atoms with E-state index in [1.807, 2.05) is 0 Å². The van der Waals surface area contributed by atoms with Crippen LogP contribution in [0.15, 0.2) is 41.3 Å². The SMILES string of the molecule is C[C@H](Nc1ccc(S(N)(=O)=O)cc1[N+](=O)[O-])c1ccc(Cl)cc1Cl. The number of nitrogens with one attached hydrogen (secondary N) is 1. The van der Waals surface area contributed by atoms with Crippen LogP contribution in [0.3, 0.4) is 0 Å². The number of hydrogen-bond acceptors (Lipinski definition) is 5. The molecule has 0 heterocycles. The van der Waals surface area contributed by atoms with E-state index in [-0.39, 0.29) is 16.6 Å². The maximum atomic E-state index is 11.3. The molecule has 7 nitrogen and oxygen atoms in total. The van der Waals surface area contributed by atoms with Gasteiger partial charge in [-0.1, -0.05) is 29.3 Å². The lowest BCUT2D eigenvalue weighted by molar-refractivity contribution is -0.384. The molecule has 0 aliphatic heterocycles. The zero-order valence-electron chi connectivity index (χ0n) is 12.4. The quantitative estimate of drug-likeness (QED) is 0.596. The first-order chi connectivity index (χ1) is 11.1. The third-order valence-corrected chi connectivity index (χ3v) is 4.77. The lowest BCUT2D eigenvalue weighted by Gasteiger charge is -2.17. The molecule has 0 bridgehead atoms.